The third kappa shape index (κ3) is 2.98. The van der Waals surface area contributed by atoms with Gasteiger partial charge in [-0.25, -0.2) is 0 Å². The number of phenols is 1. The molecule has 0 saturated heterocycles. The van der Waals surface area contributed by atoms with Crippen molar-refractivity contribution in [3.05, 3.63) is 29.8 Å². The van der Waals surface area contributed by atoms with E-state index in [1.807, 2.05) is 12.1 Å². The predicted octanol–water partition coefficient (Wildman–Crippen LogP) is 2.74. The lowest BCUT2D eigenvalue weighted by atomic mass is 10.1. The number of nitrogens with one attached hydrogen (secondary N) is 1. The van der Waals surface area contributed by atoms with Crippen molar-refractivity contribution in [1.82, 2.24) is 5.32 Å². The Morgan fingerprint density at radius 2 is 2.29 bits per heavy atom. The van der Waals surface area contributed by atoms with Gasteiger partial charge >= 0.3 is 0 Å². The molecule has 2 N–H and O–H groups in total. The Hall–Kier alpha value is -1.53. The van der Waals surface area contributed by atoms with Crippen LogP contribution < -0.4 is 5.32 Å². The number of benzene rings is 1. The molecule has 2 rings (SSSR count). The monoisotopic (exact) mass is 230 g/mol. The van der Waals surface area contributed by atoms with Gasteiger partial charge in [-0.1, -0.05) is 12.1 Å². The number of phenolic OH excluding ortho intramolecular Hbond substituents is 1. The third-order valence-corrected chi connectivity index (χ3v) is 3.47. The van der Waals surface area contributed by atoms with Crippen molar-refractivity contribution in [3.8, 4) is 11.8 Å². The molecule has 0 aliphatic heterocycles. The summed E-state index contributed by atoms with van der Waals surface area (Å²) in [6.45, 7) is 2.09. The lowest BCUT2D eigenvalue weighted by Gasteiger charge is -2.19. The molecule has 1 aliphatic carbocycles. The Morgan fingerprint density at radius 3 is 2.94 bits per heavy atom. The Kier molecular flexibility index (Phi) is 3.65. The molecule has 1 fully saturated rings. The first kappa shape index (κ1) is 11.9. The van der Waals surface area contributed by atoms with Crippen LogP contribution in [0, 0.1) is 17.2 Å². The predicted molar refractivity (Wildman–Crippen MR) is 66.4 cm³/mol. The fourth-order valence-electron chi connectivity index (χ4n) is 2.49. The Balaban J connectivity index is 1.94. The highest BCUT2D eigenvalue weighted by Gasteiger charge is 2.25. The lowest BCUT2D eigenvalue weighted by molar-refractivity contribution is 0.448. The molecule has 3 nitrogen and oxygen atoms in total. The van der Waals surface area contributed by atoms with Gasteiger partial charge in [0, 0.05) is 18.0 Å². The van der Waals surface area contributed by atoms with Crippen molar-refractivity contribution in [2.75, 3.05) is 0 Å². The van der Waals surface area contributed by atoms with Crippen LogP contribution in [0.1, 0.15) is 37.8 Å². The van der Waals surface area contributed by atoms with Crippen molar-refractivity contribution in [1.29, 1.82) is 5.26 Å². The topological polar surface area (TPSA) is 56.0 Å². The van der Waals surface area contributed by atoms with Gasteiger partial charge in [-0.15, -0.1) is 0 Å². The lowest BCUT2D eigenvalue weighted by Crippen LogP contribution is -2.29. The van der Waals surface area contributed by atoms with E-state index in [0.29, 0.717) is 11.8 Å². The Morgan fingerprint density at radius 1 is 1.47 bits per heavy atom. The summed E-state index contributed by atoms with van der Waals surface area (Å²) in [5.74, 6) is 0.515. The SMILES string of the molecule is C[C@H](N[C@H]1CC[C@H](C#N)C1)c1cccc(O)c1. The first-order chi connectivity index (χ1) is 8.19. The smallest absolute Gasteiger partial charge is 0.115 e. The minimum absolute atomic E-state index is 0.212. The molecule has 0 bridgehead atoms. The van der Waals surface area contributed by atoms with Crippen molar-refractivity contribution < 1.29 is 5.11 Å². The fourth-order valence-corrected chi connectivity index (χ4v) is 2.49. The average Bonchev–Trinajstić information content (AvgIpc) is 2.77. The van der Waals surface area contributed by atoms with E-state index in [2.05, 4.69) is 18.3 Å². The van der Waals surface area contributed by atoms with Crippen LogP contribution in [0.2, 0.25) is 0 Å². The molecule has 1 aromatic rings. The van der Waals surface area contributed by atoms with E-state index in [1.165, 1.54) is 0 Å². The van der Waals surface area contributed by atoms with Crippen molar-refractivity contribution in [2.24, 2.45) is 5.92 Å². The number of aromatic hydroxyl groups is 1. The van der Waals surface area contributed by atoms with E-state index in [1.54, 1.807) is 12.1 Å². The van der Waals surface area contributed by atoms with Crippen molar-refractivity contribution >= 4 is 0 Å². The minimum atomic E-state index is 0.212. The van der Waals surface area contributed by atoms with Crippen LogP contribution in [0.4, 0.5) is 0 Å². The highest BCUT2D eigenvalue weighted by molar-refractivity contribution is 5.29. The second kappa shape index (κ2) is 5.20. The van der Waals surface area contributed by atoms with E-state index in [0.717, 1.165) is 24.8 Å². The van der Waals surface area contributed by atoms with Gasteiger partial charge in [-0.3, -0.25) is 0 Å². The number of nitriles is 1. The summed E-state index contributed by atoms with van der Waals surface area (Å²) in [6.07, 6.45) is 3.02. The Bertz CT molecular complexity index is 424. The van der Waals surface area contributed by atoms with Crippen LogP contribution in [0.3, 0.4) is 0 Å². The largest absolute Gasteiger partial charge is 0.508 e. The van der Waals surface area contributed by atoms with E-state index in [4.69, 9.17) is 5.26 Å². The highest BCUT2D eigenvalue weighted by Crippen LogP contribution is 2.27. The summed E-state index contributed by atoms with van der Waals surface area (Å²) < 4.78 is 0. The molecule has 1 saturated carbocycles. The number of hydrogen-bond donors (Lipinski definition) is 2. The van der Waals surface area contributed by atoms with Gasteiger partial charge < -0.3 is 10.4 Å². The van der Waals surface area contributed by atoms with E-state index >= 15 is 0 Å². The standard InChI is InChI=1S/C14H18N2O/c1-10(12-3-2-4-14(17)8-12)16-13-6-5-11(7-13)9-15/h2-4,8,10-11,13,16-17H,5-7H2,1H3/t10-,11-,13-/m0/s1. The number of rotatable bonds is 3. The molecule has 3 heteroatoms. The third-order valence-electron chi connectivity index (χ3n) is 3.47. The molecule has 3 atom stereocenters. The molecule has 0 aromatic heterocycles. The first-order valence-corrected chi connectivity index (χ1v) is 6.13. The summed E-state index contributed by atoms with van der Waals surface area (Å²) in [7, 11) is 0. The first-order valence-electron chi connectivity index (χ1n) is 6.13. The quantitative estimate of drug-likeness (QED) is 0.839. The van der Waals surface area contributed by atoms with Crippen LogP contribution in [-0.2, 0) is 0 Å². The van der Waals surface area contributed by atoms with Gasteiger partial charge in [0.15, 0.2) is 0 Å². The zero-order valence-corrected chi connectivity index (χ0v) is 10.1. The van der Waals surface area contributed by atoms with E-state index < -0.39 is 0 Å². The van der Waals surface area contributed by atoms with Gasteiger partial charge in [-0.05, 0) is 43.9 Å². The van der Waals surface area contributed by atoms with Gasteiger partial charge in [0.1, 0.15) is 5.75 Å². The average molecular weight is 230 g/mol. The van der Waals surface area contributed by atoms with Crippen molar-refractivity contribution in [3.63, 3.8) is 0 Å². The van der Waals surface area contributed by atoms with E-state index in [-0.39, 0.29) is 12.0 Å². The molecular formula is C14H18N2O. The van der Waals surface area contributed by atoms with Gasteiger partial charge in [-0.2, -0.15) is 5.26 Å². The fraction of sp³-hybridized carbons (Fsp3) is 0.500. The maximum absolute atomic E-state index is 9.43. The highest BCUT2D eigenvalue weighted by atomic mass is 16.3. The zero-order valence-electron chi connectivity index (χ0n) is 10.1. The molecule has 0 radical (unpaired) electrons. The summed E-state index contributed by atoms with van der Waals surface area (Å²) >= 11 is 0. The van der Waals surface area contributed by atoms with Gasteiger partial charge in [0.25, 0.3) is 0 Å². The maximum Gasteiger partial charge on any atom is 0.115 e. The van der Waals surface area contributed by atoms with Crippen molar-refractivity contribution in [2.45, 2.75) is 38.3 Å². The molecule has 0 amide bonds. The molecular weight excluding hydrogens is 212 g/mol. The van der Waals surface area contributed by atoms with Crippen LogP contribution >= 0.6 is 0 Å². The maximum atomic E-state index is 9.43. The van der Waals surface area contributed by atoms with Crippen LogP contribution in [-0.4, -0.2) is 11.1 Å². The van der Waals surface area contributed by atoms with Crippen LogP contribution in [0.5, 0.6) is 5.75 Å². The minimum Gasteiger partial charge on any atom is -0.508 e. The molecule has 90 valence electrons. The number of nitrogens with zero attached hydrogens (tertiary/aromatic N) is 1. The van der Waals surface area contributed by atoms with Crippen LogP contribution in [0.25, 0.3) is 0 Å². The summed E-state index contributed by atoms with van der Waals surface area (Å²) in [6, 6.07) is 10.3. The van der Waals surface area contributed by atoms with Gasteiger partial charge in [0.05, 0.1) is 6.07 Å². The second-order valence-electron chi connectivity index (χ2n) is 4.82. The molecule has 0 spiro atoms. The molecule has 0 unspecified atom stereocenters. The molecule has 0 heterocycles. The van der Waals surface area contributed by atoms with Gasteiger partial charge in [0.2, 0.25) is 0 Å². The summed E-state index contributed by atoms with van der Waals surface area (Å²) in [4.78, 5) is 0. The normalized spacial score (nSPS) is 25.4. The molecule has 1 aliphatic rings. The zero-order chi connectivity index (χ0) is 12.3. The Labute approximate surface area is 102 Å². The molecule has 17 heavy (non-hydrogen) atoms. The van der Waals surface area contributed by atoms with Crippen LogP contribution in [0.15, 0.2) is 24.3 Å². The number of hydrogen-bond acceptors (Lipinski definition) is 3. The summed E-state index contributed by atoms with van der Waals surface area (Å²) in [5, 5.41) is 21.8. The molecule has 1 aromatic carbocycles. The summed E-state index contributed by atoms with van der Waals surface area (Å²) in [5.41, 5.74) is 1.09. The van der Waals surface area contributed by atoms with E-state index in [9.17, 15) is 5.11 Å². The second-order valence-corrected chi connectivity index (χ2v) is 4.82.